The molecule has 0 unspecified atom stereocenters. The molecule has 1 amide bonds. The van der Waals surface area contributed by atoms with Crippen molar-refractivity contribution in [1.29, 1.82) is 0 Å². The van der Waals surface area contributed by atoms with Gasteiger partial charge in [0.15, 0.2) is 0 Å². The lowest BCUT2D eigenvalue weighted by molar-refractivity contribution is -0.142. The van der Waals surface area contributed by atoms with Gasteiger partial charge in [0.1, 0.15) is 5.82 Å². The molecule has 150 valence electrons. The molecule has 0 bridgehead atoms. The summed E-state index contributed by atoms with van der Waals surface area (Å²) in [4.78, 5) is 31.9. The van der Waals surface area contributed by atoms with E-state index in [2.05, 4.69) is 20.4 Å². The number of nitrogens with one attached hydrogen (secondary N) is 1. The van der Waals surface area contributed by atoms with Crippen LogP contribution in [0, 0.1) is 18.7 Å². The normalized spacial score (nSPS) is 19.2. The highest BCUT2D eigenvalue weighted by Crippen LogP contribution is 2.25. The Bertz CT molecular complexity index is 1070. The van der Waals surface area contributed by atoms with Crippen LogP contribution < -0.4 is 5.32 Å². The molecule has 1 aliphatic rings. The number of halogens is 1. The van der Waals surface area contributed by atoms with E-state index >= 15 is 0 Å². The highest BCUT2D eigenvalue weighted by atomic mass is 19.1. The summed E-state index contributed by atoms with van der Waals surface area (Å²) in [6.07, 6.45) is 5.18. The van der Waals surface area contributed by atoms with Crippen molar-refractivity contribution in [2.75, 3.05) is 0 Å². The lowest BCUT2D eigenvalue weighted by atomic mass is 9.86. The molecule has 0 saturated heterocycles. The van der Waals surface area contributed by atoms with E-state index in [0.29, 0.717) is 36.8 Å². The van der Waals surface area contributed by atoms with Crippen LogP contribution in [0.4, 0.5) is 4.39 Å². The molecule has 0 aliphatic heterocycles. The molecule has 0 radical (unpaired) electrons. The Hall–Kier alpha value is -3.36. The second-order valence-corrected chi connectivity index (χ2v) is 7.29. The summed E-state index contributed by atoms with van der Waals surface area (Å²) in [7, 11) is 0. The van der Waals surface area contributed by atoms with Crippen molar-refractivity contribution < 1.29 is 19.1 Å². The molecule has 1 aliphatic carbocycles. The quantitative estimate of drug-likeness (QED) is 0.700. The van der Waals surface area contributed by atoms with Crippen molar-refractivity contribution in [3.05, 3.63) is 47.7 Å². The molecule has 1 aromatic carbocycles. The van der Waals surface area contributed by atoms with Crippen LogP contribution in [-0.4, -0.2) is 42.8 Å². The number of aryl methyl sites for hydroxylation is 1. The third-order valence-electron chi connectivity index (χ3n) is 5.33. The number of hydrogen-bond acceptors (Lipinski definition) is 5. The third kappa shape index (κ3) is 3.80. The minimum absolute atomic E-state index is 0.0570. The number of aliphatic carboxylic acids is 1. The van der Waals surface area contributed by atoms with Gasteiger partial charge >= 0.3 is 5.97 Å². The molecule has 2 aromatic heterocycles. The van der Waals surface area contributed by atoms with Crippen molar-refractivity contribution in [3.8, 4) is 5.95 Å². The van der Waals surface area contributed by atoms with Gasteiger partial charge in [-0.3, -0.25) is 9.59 Å². The molecule has 1 fully saturated rings. The molecular formula is C20H20FN5O3. The van der Waals surface area contributed by atoms with E-state index in [1.54, 1.807) is 6.07 Å². The van der Waals surface area contributed by atoms with E-state index in [9.17, 15) is 14.0 Å². The van der Waals surface area contributed by atoms with Gasteiger partial charge in [0, 0.05) is 29.9 Å². The molecule has 9 heteroatoms. The number of fused-ring (bicyclic) bond motifs is 1. The molecule has 0 spiro atoms. The number of nitrogens with zero attached hydrogens (tertiary/aromatic N) is 4. The summed E-state index contributed by atoms with van der Waals surface area (Å²) >= 11 is 0. The maximum atomic E-state index is 13.6. The maximum Gasteiger partial charge on any atom is 0.306 e. The summed E-state index contributed by atoms with van der Waals surface area (Å²) in [6.45, 7) is 1.82. The predicted molar refractivity (Wildman–Crippen MR) is 102 cm³/mol. The maximum absolute atomic E-state index is 13.6. The van der Waals surface area contributed by atoms with Gasteiger partial charge in [0.05, 0.1) is 22.7 Å². The number of carboxylic acids is 1. The molecule has 3 aromatic rings. The van der Waals surface area contributed by atoms with E-state index < -0.39 is 5.97 Å². The summed E-state index contributed by atoms with van der Waals surface area (Å²) in [5, 5.41) is 17.1. The van der Waals surface area contributed by atoms with Gasteiger partial charge in [-0.1, -0.05) is 0 Å². The molecule has 0 atom stereocenters. The SMILES string of the molecule is Cc1nn(-c2ncc(C(=O)NC3CCC(C(=O)O)CC3)cn2)c2cc(F)ccc12. The van der Waals surface area contributed by atoms with Crippen LogP contribution in [-0.2, 0) is 4.79 Å². The Balaban J connectivity index is 1.48. The van der Waals surface area contributed by atoms with E-state index in [1.807, 2.05) is 6.92 Å². The highest BCUT2D eigenvalue weighted by Gasteiger charge is 2.27. The zero-order valence-electron chi connectivity index (χ0n) is 15.8. The van der Waals surface area contributed by atoms with Gasteiger partial charge in [-0.2, -0.15) is 9.78 Å². The van der Waals surface area contributed by atoms with Crippen LogP contribution in [0.2, 0.25) is 0 Å². The van der Waals surface area contributed by atoms with Crippen LogP contribution in [0.1, 0.15) is 41.7 Å². The number of aromatic nitrogens is 4. The number of benzene rings is 1. The van der Waals surface area contributed by atoms with Gasteiger partial charge in [-0.25, -0.2) is 14.4 Å². The lowest BCUT2D eigenvalue weighted by Gasteiger charge is -2.26. The zero-order valence-corrected chi connectivity index (χ0v) is 15.8. The molecule has 2 N–H and O–H groups in total. The molecule has 1 saturated carbocycles. The standard InChI is InChI=1S/C20H20FN5O3/c1-11-16-7-4-14(21)8-17(16)26(25-11)20-22-9-13(10-23-20)18(27)24-15-5-2-12(3-6-15)19(28)29/h4,7-10,12,15H,2-3,5-6H2,1H3,(H,24,27)(H,28,29). The number of rotatable bonds is 4. The molecule has 29 heavy (non-hydrogen) atoms. The number of carbonyl (C=O) groups excluding carboxylic acids is 1. The topological polar surface area (TPSA) is 110 Å². The molecule has 4 rings (SSSR count). The minimum Gasteiger partial charge on any atom is -0.481 e. The number of amides is 1. The predicted octanol–water partition coefficient (Wildman–Crippen LogP) is 2.64. The second kappa shape index (κ2) is 7.57. The average Bonchev–Trinajstić information content (AvgIpc) is 3.04. The fraction of sp³-hybridized carbons (Fsp3) is 0.350. The van der Waals surface area contributed by atoms with Crippen LogP contribution in [0.15, 0.2) is 30.6 Å². The summed E-state index contributed by atoms with van der Waals surface area (Å²) < 4.78 is 15.1. The van der Waals surface area contributed by atoms with E-state index in [0.717, 1.165) is 11.1 Å². The average molecular weight is 397 g/mol. The van der Waals surface area contributed by atoms with Gasteiger partial charge in [-0.05, 0) is 44.7 Å². The number of hydrogen-bond donors (Lipinski definition) is 2. The summed E-state index contributed by atoms with van der Waals surface area (Å²) in [5.74, 6) is -1.55. The monoisotopic (exact) mass is 397 g/mol. The Kier molecular flexibility index (Phi) is 4.96. The first kappa shape index (κ1) is 19.0. The highest BCUT2D eigenvalue weighted by molar-refractivity contribution is 5.93. The fourth-order valence-corrected chi connectivity index (χ4v) is 3.70. The Morgan fingerprint density at radius 1 is 1.17 bits per heavy atom. The van der Waals surface area contributed by atoms with Crippen LogP contribution in [0.25, 0.3) is 16.9 Å². The zero-order chi connectivity index (χ0) is 20.5. The molecule has 8 nitrogen and oxygen atoms in total. The fourth-order valence-electron chi connectivity index (χ4n) is 3.70. The smallest absolute Gasteiger partial charge is 0.306 e. The van der Waals surface area contributed by atoms with E-state index in [4.69, 9.17) is 5.11 Å². The lowest BCUT2D eigenvalue weighted by Crippen LogP contribution is -2.38. The van der Waals surface area contributed by atoms with Gasteiger partial charge < -0.3 is 10.4 Å². The van der Waals surface area contributed by atoms with Crippen molar-refractivity contribution in [2.24, 2.45) is 5.92 Å². The van der Waals surface area contributed by atoms with E-state index in [1.165, 1.54) is 29.2 Å². The number of carbonyl (C=O) groups is 2. The summed E-state index contributed by atoms with van der Waals surface area (Å²) in [5.41, 5.74) is 1.57. The summed E-state index contributed by atoms with van der Waals surface area (Å²) in [6, 6.07) is 4.34. The number of carboxylic acid groups (broad SMARTS) is 1. The van der Waals surface area contributed by atoms with Gasteiger partial charge in [-0.15, -0.1) is 0 Å². The Morgan fingerprint density at radius 2 is 1.86 bits per heavy atom. The van der Waals surface area contributed by atoms with Crippen LogP contribution in [0.3, 0.4) is 0 Å². The van der Waals surface area contributed by atoms with Crippen molar-refractivity contribution in [2.45, 2.75) is 38.6 Å². The van der Waals surface area contributed by atoms with Gasteiger partial charge in [0.25, 0.3) is 11.9 Å². The largest absolute Gasteiger partial charge is 0.481 e. The van der Waals surface area contributed by atoms with Crippen LogP contribution in [0.5, 0.6) is 0 Å². The third-order valence-corrected chi connectivity index (χ3v) is 5.33. The first-order valence-electron chi connectivity index (χ1n) is 9.43. The van der Waals surface area contributed by atoms with E-state index in [-0.39, 0.29) is 29.6 Å². The second-order valence-electron chi connectivity index (χ2n) is 7.29. The Morgan fingerprint density at radius 3 is 2.52 bits per heavy atom. The van der Waals surface area contributed by atoms with Crippen molar-refractivity contribution >= 4 is 22.8 Å². The Labute approximate surface area is 165 Å². The molecule has 2 heterocycles. The minimum atomic E-state index is -0.778. The van der Waals surface area contributed by atoms with Crippen LogP contribution >= 0.6 is 0 Å². The van der Waals surface area contributed by atoms with Crippen molar-refractivity contribution in [3.63, 3.8) is 0 Å². The van der Waals surface area contributed by atoms with Gasteiger partial charge in [0.2, 0.25) is 0 Å². The first-order chi connectivity index (χ1) is 13.9. The van der Waals surface area contributed by atoms with Crippen molar-refractivity contribution in [1.82, 2.24) is 25.1 Å². The first-order valence-corrected chi connectivity index (χ1v) is 9.43. The molecular weight excluding hydrogens is 377 g/mol.